The summed E-state index contributed by atoms with van der Waals surface area (Å²) >= 11 is 0. The van der Waals surface area contributed by atoms with Crippen LogP contribution in [-0.2, 0) is 0 Å². The van der Waals surface area contributed by atoms with Gasteiger partial charge in [0.2, 0.25) is 0 Å². The van der Waals surface area contributed by atoms with Gasteiger partial charge in [-0.25, -0.2) is 0 Å². The molecule has 0 spiro atoms. The van der Waals surface area contributed by atoms with E-state index in [0.717, 1.165) is 24.7 Å². The second-order valence-corrected chi connectivity index (χ2v) is 7.21. The molecular weight excluding hydrogens is 246 g/mol. The van der Waals surface area contributed by atoms with Crippen molar-refractivity contribution in [1.82, 2.24) is 4.98 Å². The van der Waals surface area contributed by atoms with Gasteiger partial charge < -0.3 is 10.6 Å². The number of nitrogens with two attached hydrogens (primary N) is 1. The van der Waals surface area contributed by atoms with Crippen molar-refractivity contribution in [2.45, 2.75) is 53.0 Å². The van der Waals surface area contributed by atoms with Crippen LogP contribution in [0.15, 0.2) is 18.3 Å². The van der Waals surface area contributed by atoms with E-state index in [4.69, 9.17) is 5.73 Å². The summed E-state index contributed by atoms with van der Waals surface area (Å²) in [5.41, 5.74) is 8.49. The van der Waals surface area contributed by atoms with Crippen molar-refractivity contribution in [3.05, 3.63) is 24.0 Å². The van der Waals surface area contributed by atoms with Gasteiger partial charge in [0.1, 0.15) is 0 Å². The number of rotatable bonds is 2. The average Bonchev–Trinajstić information content (AvgIpc) is 2.64. The van der Waals surface area contributed by atoms with Gasteiger partial charge in [-0.15, -0.1) is 0 Å². The van der Waals surface area contributed by atoms with Crippen LogP contribution in [0.4, 0.5) is 5.69 Å². The molecule has 0 amide bonds. The lowest BCUT2D eigenvalue weighted by Gasteiger charge is -2.30. The first-order valence-electron chi connectivity index (χ1n) is 7.84. The van der Waals surface area contributed by atoms with E-state index in [2.05, 4.69) is 42.8 Å². The first-order chi connectivity index (χ1) is 9.38. The zero-order chi connectivity index (χ0) is 14.8. The predicted molar refractivity (Wildman–Crippen MR) is 85.8 cm³/mol. The number of pyridine rings is 1. The molecule has 20 heavy (non-hydrogen) atoms. The molecule has 0 saturated carbocycles. The highest BCUT2D eigenvalue weighted by atomic mass is 15.1. The smallest absolute Gasteiger partial charge is 0.0569 e. The Morgan fingerprint density at radius 2 is 2.00 bits per heavy atom. The van der Waals surface area contributed by atoms with Crippen LogP contribution in [-0.4, -0.2) is 18.1 Å². The molecule has 1 aromatic rings. The second kappa shape index (κ2) is 6.13. The second-order valence-electron chi connectivity index (χ2n) is 7.21. The molecule has 1 aliphatic rings. The van der Waals surface area contributed by atoms with Crippen LogP contribution in [0, 0.1) is 11.3 Å². The molecule has 2 heterocycles. The van der Waals surface area contributed by atoms with Gasteiger partial charge in [0.15, 0.2) is 0 Å². The monoisotopic (exact) mass is 275 g/mol. The van der Waals surface area contributed by atoms with Gasteiger partial charge in [0.25, 0.3) is 0 Å². The Morgan fingerprint density at radius 3 is 2.55 bits per heavy atom. The molecule has 0 bridgehead atoms. The number of aromatic nitrogens is 1. The third-order valence-corrected chi connectivity index (χ3v) is 4.56. The maximum Gasteiger partial charge on any atom is 0.0569 e. The predicted octanol–water partition coefficient (Wildman–Crippen LogP) is 3.75. The molecule has 2 atom stereocenters. The maximum absolute atomic E-state index is 5.86. The zero-order valence-corrected chi connectivity index (χ0v) is 13.4. The fourth-order valence-corrected chi connectivity index (χ4v) is 3.07. The topological polar surface area (TPSA) is 42.1 Å². The highest BCUT2D eigenvalue weighted by molar-refractivity contribution is 5.44. The Labute approximate surface area is 123 Å². The van der Waals surface area contributed by atoms with Gasteiger partial charge in [0.05, 0.1) is 17.6 Å². The Kier molecular flexibility index (Phi) is 4.69. The van der Waals surface area contributed by atoms with Crippen molar-refractivity contribution in [1.29, 1.82) is 0 Å². The summed E-state index contributed by atoms with van der Waals surface area (Å²) in [4.78, 5) is 6.96. The van der Waals surface area contributed by atoms with Gasteiger partial charge in [-0.05, 0) is 49.7 Å². The van der Waals surface area contributed by atoms with Crippen LogP contribution in [0.25, 0.3) is 0 Å². The molecule has 112 valence electrons. The summed E-state index contributed by atoms with van der Waals surface area (Å²) < 4.78 is 0. The molecule has 3 heteroatoms. The highest BCUT2D eigenvalue weighted by Crippen LogP contribution is 2.35. The van der Waals surface area contributed by atoms with Crippen LogP contribution >= 0.6 is 0 Å². The molecular formula is C17H29N3. The van der Waals surface area contributed by atoms with E-state index >= 15 is 0 Å². The van der Waals surface area contributed by atoms with Gasteiger partial charge in [-0.2, -0.15) is 0 Å². The summed E-state index contributed by atoms with van der Waals surface area (Å²) in [6.45, 7) is 11.4. The third kappa shape index (κ3) is 3.72. The third-order valence-electron chi connectivity index (χ3n) is 4.56. The summed E-state index contributed by atoms with van der Waals surface area (Å²) in [6, 6.07) is 4.24. The van der Waals surface area contributed by atoms with Crippen molar-refractivity contribution in [2.24, 2.45) is 17.1 Å². The van der Waals surface area contributed by atoms with Gasteiger partial charge >= 0.3 is 0 Å². The van der Waals surface area contributed by atoms with E-state index in [1.165, 1.54) is 24.9 Å². The molecule has 1 fully saturated rings. The molecule has 2 rings (SSSR count). The van der Waals surface area contributed by atoms with Gasteiger partial charge in [-0.3, -0.25) is 4.98 Å². The molecule has 0 aliphatic carbocycles. The van der Waals surface area contributed by atoms with Crippen molar-refractivity contribution < 1.29 is 0 Å². The van der Waals surface area contributed by atoms with Crippen LogP contribution in [0.2, 0.25) is 0 Å². The summed E-state index contributed by atoms with van der Waals surface area (Å²) in [7, 11) is 0. The lowest BCUT2D eigenvalue weighted by atomic mass is 9.77. The number of hydrogen-bond donors (Lipinski definition) is 1. The maximum atomic E-state index is 5.86. The Morgan fingerprint density at radius 1 is 1.25 bits per heavy atom. The van der Waals surface area contributed by atoms with Crippen molar-refractivity contribution in [2.75, 3.05) is 18.0 Å². The lowest BCUT2D eigenvalue weighted by Crippen LogP contribution is -2.26. The minimum absolute atomic E-state index is 0.0125. The van der Waals surface area contributed by atoms with Crippen LogP contribution in [0.5, 0.6) is 0 Å². The van der Waals surface area contributed by atoms with Gasteiger partial charge in [0, 0.05) is 19.1 Å². The summed E-state index contributed by atoms with van der Waals surface area (Å²) in [6.07, 6.45) is 5.87. The van der Waals surface area contributed by atoms with Gasteiger partial charge in [-0.1, -0.05) is 20.8 Å². The van der Waals surface area contributed by atoms with E-state index in [1.807, 2.05) is 13.1 Å². The number of hydrogen-bond acceptors (Lipinski definition) is 3. The average molecular weight is 275 g/mol. The fourth-order valence-electron chi connectivity index (χ4n) is 3.07. The van der Waals surface area contributed by atoms with Crippen LogP contribution in [0.3, 0.4) is 0 Å². The first kappa shape index (κ1) is 15.3. The van der Waals surface area contributed by atoms with Crippen LogP contribution in [0.1, 0.15) is 58.7 Å². The highest BCUT2D eigenvalue weighted by Gasteiger charge is 2.27. The molecule has 1 saturated heterocycles. The normalized spacial score (nSPS) is 22.4. The SMILES string of the molecule is CC(N)c1ccc(N2CCCC(C(C)(C)C)CC2)cn1. The zero-order valence-electron chi connectivity index (χ0n) is 13.4. The van der Waals surface area contributed by atoms with Crippen molar-refractivity contribution >= 4 is 5.69 Å². The molecule has 1 aromatic heterocycles. The first-order valence-corrected chi connectivity index (χ1v) is 7.84. The molecule has 2 N–H and O–H groups in total. The fraction of sp³-hybridized carbons (Fsp3) is 0.706. The van der Waals surface area contributed by atoms with E-state index in [9.17, 15) is 0 Å². The molecule has 1 aliphatic heterocycles. The number of anilines is 1. The Hall–Kier alpha value is -1.09. The Bertz CT molecular complexity index is 417. The van der Waals surface area contributed by atoms with E-state index in [-0.39, 0.29) is 6.04 Å². The standard InChI is InChI=1S/C17H29N3/c1-13(18)16-8-7-15(12-19-16)20-10-5-6-14(9-11-20)17(2,3)4/h7-8,12-14H,5-6,9-11,18H2,1-4H3. The minimum Gasteiger partial charge on any atom is -0.370 e. The van der Waals surface area contributed by atoms with E-state index < -0.39 is 0 Å². The van der Waals surface area contributed by atoms with E-state index in [1.54, 1.807) is 0 Å². The molecule has 2 unspecified atom stereocenters. The lowest BCUT2D eigenvalue weighted by molar-refractivity contribution is 0.220. The summed E-state index contributed by atoms with van der Waals surface area (Å²) in [5, 5.41) is 0. The minimum atomic E-state index is 0.0125. The van der Waals surface area contributed by atoms with E-state index in [0.29, 0.717) is 5.41 Å². The van der Waals surface area contributed by atoms with Crippen molar-refractivity contribution in [3.63, 3.8) is 0 Å². The quantitative estimate of drug-likeness (QED) is 0.893. The van der Waals surface area contributed by atoms with Crippen LogP contribution < -0.4 is 10.6 Å². The Balaban J connectivity index is 2.03. The van der Waals surface area contributed by atoms with Crippen molar-refractivity contribution in [3.8, 4) is 0 Å². The largest absolute Gasteiger partial charge is 0.370 e. The molecule has 0 aromatic carbocycles. The molecule has 0 radical (unpaired) electrons. The summed E-state index contributed by atoms with van der Waals surface area (Å²) in [5.74, 6) is 0.823. The number of nitrogens with zero attached hydrogens (tertiary/aromatic N) is 2. The molecule has 3 nitrogen and oxygen atoms in total.